The molecule has 0 atom stereocenters. The minimum absolute atomic E-state index is 0.154. The lowest BCUT2D eigenvalue weighted by atomic mass is 9.80. The molecule has 0 aromatic heterocycles. The van der Waals surface area contributed by atoms with Crippen LogP contribution in [0.25, 0.3) is 11.1 Å². The van der Waals surface area contributed by atoms with E-state index in [-0.39, 0.29) is 5.78 Å². The average molecular weight is 312 g/mol. The van der Waals surface area contributed by atoms with Crippen molar-refractivity contribution in [3.63, 3.8) is 0 Å². The Hall–Kier alpha value is -2.67. The maximum Gasteiger partial charge on any atom is 0.194 e. The Kier molecular flexibility index (Phi) is 3.38. The topological polar surface area (TPSA) is 17.1 Å². The molecule has 1 nitrogen and oxygen atoms in total. The molecule has 0 spiro atoms. The van der Waals surface area contributed by atoms with Gasteiger partial charge in [0.2, 0.25) is 0 Å². The first kappa shape index (κ1) is 14.9. The van der Waals surface area contributed by atoms with Gasteiger partial charge in [0.1, 0.15) is 0 Å². The molecular weight excluding hydrogens is 292 g/mol. The van der Waals surface area contributed by atoms with E-state index in [9.17, 15) is 4.79 Å². The number of aryl methyl sites for hydroxylation is 3. The Morgan fingerprint density at radius 1 is 0.708 bits per heavy atom. The maximum absolute atomic E-state index is 13.2. The molecule has 0 saturated carbocycles. The van der Waals surface area contributed by atoms with Crippen molar-refractivity contribution in [1.82, 2.24) is 0 Å². The zero-order chi connectivity index (χ0) is 16.8. The number of fused-ring (bicyclic) bond motifs is 2. The summed E-state index contributed by atoms with van der Waals surface area (Å²) in [6.07, 6.45) is 0.828. The Morgan fingerprint density at radius 2 is 1.33 bits per heavy atom. The molecule has 3 aromatic rings. The lowest BCUT2D eigenvalue weighted by Crippen LogP contribution is -2.16. The van der Waals surface area contributed by atoms with Crippen LogP contribution in [-0.2, 0) is 6.42 Å². The van der Waals surface area contributed by atoms with Crippen LogP contribution >= 0.6 is 0 Å². The van der Waals surface area contributed by atoms with Gasteiger partial charge >= 0.3 is 0 Å². The molecule has 4 rings (SSSR count). The number of hydrogen-bond acceptors (Lipinski definition) is 1. The van der Waals surface area contributed by atoms with Crippen molar-refractivity contribution in [2.45, 2.75) is 27.2 Å². The van der Waals surface area contributed by atoms with Gasteiger partial charge in [-0.1, -0.05) is 60.2 Å². The quantitative estimate of drug-likeness (QED) is 0.459. The average Bonchev–Trinajstić information content (AvgIpc) is 2.54. The molecule has 0 bridgehead atoms. The molecule has 0 unspecified atom stereocenters. The van der Waals surface area contributed by atoms with E-state index in [1.807, 2.05) is 18.2 Å². The summed E-state index contributed by atoms with van der Waals surface area (Å²) in [4.78, 5) is 13.2. The fraction of sp³-hybridized carbons (Fsp3) is 0.174. The summed E-state index contributed by atoms with van der Waals surface area (Å²) in [5.41, 5.74) is 9.98. The second kappa shape index (κ2) is 5.45. The second-order valence-corrected chi connectivity index (χ2v) is 6.78. The van der Waals surface area contributed by atoms with E-state index in [0.717, 1.165) is 34.2 Å². The van der Waals surface area contributed by atoms with Gasteiger partial charge in [0, 0.05) is 11.1 Å². The van der Waals surface area contributed by atoms with Gasteiger partial charge in [0.25, 0.3) is 0 Å². The largest absolute Gasteiger partial charge is 0.289 e. The predicted octanol–water partition coefficient (Wildman–Crippen LogP) is 5.41. The fourth-order valence-corrected chi connectivity index (χ4v) is 4.06. The van der Waals surface area contributed by atoms with Gasteiger partial charge in [-0.05, 0) is 60.6 Å². The summed E-state index contributed by atoms with van der Waals surface area (Å²) in [5.74, 6) is 0.154. The summed E-state index contributed by atoms with van der Waals surface area (Å²) < 4.78 is 0. The lowest BCUT2D eigenvalue weighted by Gasteiger charge is -2.23. The van der Waals surface area contributed by atoms with Gasteiger partial charge in [0.05, 0.1) is 0 Å². The van der Waals surface area contributed by atoms with Crippen molar-refractivity contribution in [2.75, 3.05) is 0 Å². The standard InChI is InChI=1S/C23H20O/c1-14-11-15(2)21(16(3)12-14)20-10-6-8-18-13-17-7-4-5-9-19(17)23(24)22(18)20/h4-12H,13H2,1-3H3. The molecule has 118 valence electrons. The van der Waals surface area contributed by atoms with E-state index in [4.69, 9.17) is 0 Å². The molecule has 0 amide bonds. The molecule has 0 fully saturated rings. The van der Waals surface area contributed by atoms with Gasteiger partial charge in [-0.2, -0.15) is 0 Å². The number of rotatable bonds is 1. The molecule has 3 aromatic carbocycles. The summed E-state index contributed by atoms with van der Waals surface area (Å²) in [5, 5.41) is 0. The highest BCUT2D eigenvalue weighted by atomic mass is 16.1. The van der Waals surface area contributed by atoms with Gasteiger partial charge in [-0.15, -0.1) is 0 Å². The highest BCUT2D eigenvalue weighted by Crippen LogP contribution is 2.37. The molecule has 1 aliphatic rings. The summed E-state index contributed by atoms with van der Waals surface area (Å²) >= 11 is 0. The molecule has 24 heavy (non-hydrogen) atoms. The van der Waals surface area contributed by atoms with E-state index in [0.29, 0.717) is 0 Å². The highest BCUT2D eigenvalue weighted by molar-refractivity contribution is 6.16. The number of benzene rings is 3. The van der Waals surface area contributed by atoms with Crippen molar-refractivity contribution >= 4 is 5.78 Å². The van der Waals surface area contributed by atoms with Crippen LogP contribution in [0.4, 0.5) is 0 Å². The monoisotopic (exact) mass is 312 g/mol. The predicted molar refractivity (Wildman–Crippen MR) is 98.8 cm³/mol. The molecule has 0 saturated heterocycles. The van der Waals surface area contributed by atoms with Crippen LogP contribution in [0.1, 0.15) is 43.7 Å². The Morgan fingerprint density at radius 3 is 2.08 bits per heavy atom. The van der Waals surface area contributed by atoms with E-state index < -0.39 is 0 Å². The summed E-state index contributed by atoms with van der Waals surface area (Å²) in [6.45, 7) is 6.39. The van der Waals surface area contributed by atoms with Crippen molar-refractivity contribution in [3.05, 3.63) is 93.5 Å². The van der Waals surface area contributed by atoms with Crippen LogP contribution in [0.15, 0.2) is 54.6 Å². The third-order valence-electron chi connectivity index (χ3n) is 4.97. The molecule has 0 aliphatic heterocycles. The first-order chi connectivity index (χ1) is 11.6. The normalized spacial score (nSPS) is 12.7. The first-order valence-corrected chi connectivity index (χ1v) is 8.39. The number of hydrogen-bond donors (Lipinski definition) is 0. The van der Waals surface area contributed by atoms with E-state index in [2.05, 4.69) is 57.2 Å². The van der Waals surface area contributed by atoms with Crippen LogP contribution in [0.3, 0.4) is 0 Å². The molecule has 1 aliphatic carbocycles. The van der Waals surface area contributed by atoms with Gasteiger partial charge in [0.15, 0.2) is 5.78 Å². The number of carbonyl (C=O) groups excluding carboxylic acids is 1. The summed E-state index contributed by atoms with van der Waals surface area (Å²) in [7, 11) is 0. The fourth-order valence-electron chi connectivity index (χ4n) is 4.06. The minimum atomic E-state index is 0.154. The van der Waals surface area contributed by atoms with Crippen LogP contribution < -0.4 is 0 Å². The van der Waals surface area contributed by atoms with Crippen molar-refractivity contribution in [2.24, 2.45) is 0 Å². The van der Waals surface area contributed by atoms with E-state index in [1.165, 1.54) is 22.3 Å². The zero-order valence-electron chi connectivity index (χ0n) is 14.3. The first-order valence-electron chi connectivity index (χ1n) is 8.39. The molecular formula is C23H20O. The second-order valence-electron chi connectivity index (χ2n) is 6.78. The number of ketones is 1. The van der Waals surface area contributed by atoms with Gasteiger partial charge in [-0.25, -0.2) is 0 Å². The third-order valence-corrected chi connectivity index (χ3v) is 4.97. The van der Waals surface area contributed by atoms with Crippen molar-refractivity contribution < 1.29 is 4.79 Å². The highest BCUT2D eigenvalue weighted by Gasteiger charge is 2.26. The Bertz CT molecular complexity index is 956. The third kappa shape index (κ3) is 2.20. The number of carbonyl (C=O) groups is 1. The maximum atomic E-state index is 13.2. The molecule has 0 radical (unpaired) electrons. The Balaban J connectivity index is 1.99. The molecule has 0 heterocycles. The van der Waals surface area contributed by atoms with Gasteiger partial charge < -0.3 is 0 Å². The van der Waals surface area contributed by atoms with Crippen molar-refractivity contribution in [3.8, 4) is 11.1 Å². The minimum Gasteiger partial charge on any atom is -0.289 e. The van der Waals surface area contributed by atoms with Crippen LogP contribution in [0, 0.1) is 20.8 Å². The Labute approximate surface area is 143 Å². The van der Waals surface area contributed by atoms with Crippen LogP contribution in [0.5, 0.6) is 0 Å². The van der Waals surface area contributed by atoms with Crippen LogP contribution in [0.2, 0.25) is 0 Å². The molecule has 1 heteroatoms. The lowest BCUT2D eigenvalue weighted by molar-refractivity contribution is 0.103. The smallest absolute Gasteiger partial charge is 0.194 e. The van der Waals surface area contributed by atoms with Crippen LogP contribution in [-0.4, -0.2) is 5.78 Å². The van der Waals surface area contributed by atoms with Crippen molar-refractivity contribution in [1.29, 1.82) is 0 Å². The molecule has 0 N–H and O–H groups in total. The SMILES string of the molecule is Cc1cc(C)c(-c2cccc3c2C(=O)c2ccccc2C3)c(C)c1. The zero-order valence-corrected chi connectivity index (χ0v) is 14.3. The van der Waals surface area contributed by atoms with Gasteiger partial charge in [-0.3, -0.25) is 4.79 Å². The van der Waals surface area contributed by atoms with E-state index >= 15 is 0 Å². The van der Waals surface area contributed by atoms with E-state index in [1.54, 1.807) is 0 Å². The summed E-state index contributed by atoms with van der Waals surface area (Å²) in [6, 6.07) is 18.6.